The summed E-state index contributed by atoms with van der Waals surface area (Å²) >= 11 is 0. The van der Waals surface area contributed by atoms with Crippen LogP contribution in [0.15, 0.2) is 60.7 Å². The summed E-state index contributed by atoms with van der Waals surface area (Å²) in [4.78, 5) is 15.5. The van der Waals surface area contributed by atoms with Gasteiger partial charge in [0.05, 0.1) is 12.6 Å². The van der Waals surface area contributed by atoms with Crippen molar-refractivity contribution in [2.24, 2.45) is 5.92 Å². The molecule has 2 N–H and O–H groups in total. The number of amides is 1. The van der Waals surface area contributed by atoms with Crippen molar-refractivity contribution in [3.63, 3.8) is 0 Å². The van der Waals surface area contributed by atoms with Gasteiger partial charge in [0.15, 0.2) is 0 Å². The van der Waals surface area contributed by atoms with E-state index in [0.29, 0.717) is 35.0 Å². The van der Waals surface area contributed by atoms with Crippen LogP contribution in [0.5, 0.6) is 11.5 Å². The third-order valence-corrected chi connectivity index (χ3v) is 6.96. The van der Waals surface area contributed by atoms with Crippen LogP contribution in [0, 0.1) is 25.6 Å². The molecule has 0 saturated heterocycles. The molecule has 1 unspecified atom stereocenters. The van der Waals surface area contributed by atoms with Gasteiger partial charge in [0.1, 0.15) is 28.7 Å². The number of nitrogens with zero attached hydrogens (tertiary/aromatic N) is 2. The number of aromatic hydroxyl groups is 1. The summed E-state index contributed by atoms with van der Waals surface area (Å²) in [7, 11) is 0. The molecule has 0 saturated carbocycles. The highest BCUT2D eigenvalue weighted by Gasteiger charge is 2.43. The molecule has 2 heterocycles. The molecule has 38 heavy (non-hydrogen) atoms. The van der Waals surface area contributed by atoms with E-state index in [1.165, 1.54) is 12.1 Å². The second-order valence-corrected chi connectivity index (χ2v) is 10.4. The van der Waals surface area contributed by atoms with Gasteiger partial charge in [0.25, 0.3) is 5.91 Å². The quantitative estimate of drug-likeness (QED) is 0.275. The van der Waals surface area contributed by atoms with Crippen LogP contribution in [-0.4, -0.2) is 32.7 Å². The normalized spacial score (nSPS) is 14.8. The standard InChI is InChI=1S/C31H32FN3O3/c1-18(2)12-13-38-24-7-5-6-22(16-24)30-27-28(26-20(4)14-19(3)15-25(26)36)33-34-29(27)31(37)35(30)17-21-8-10-23(32)11-9-21/h5-11,14-16,18,30,36H,12-13,17H2,1-4H3,(H,33,34). The summed E-state index contributed by atoms with van der Waals surface area (Å²) in [5, 5.41) is 18.4. The average Bonchev–Trinajstić information content (AvgIpc) is 3.39. The van der Waals surface area contributed by atoms with Crippen molar-refractivity contribution < 1.29 is 19.0 Å². The predicted molar refractivity (Wildman–Crippen MR) is 145 cm³/mol. The summed E-state index contributed by atoms with van der Waals surface area (Å²) in [5.41, 5.74) is 5.71. The van der Waals surface area contributed by atoms with Gasteiger partial charge >= 0.3 is 0 Å². The number of ether oxygens (including phenoxy) is 1. The molecule has 1 atom stereocenters. The van der Waals surface area contributed by atoms with Gasteiger partial charge in [-0.15, -0.1) is 0 Å². The Balaban J connectivity index is 1.61. The average molecular weight is 514 g/mol. The molecule has 0 fully saturated rings. The molecular weight excluding hydrogens is 481 g/mol. The molecule has 1 aliphatic rings. The van der Waals surface area contributed by atoms with Gasteiger partial charge in [-0.1, -0.05) is 44.2 Å². The molecule has 1 aromatic heterocycles. The number of hydrogen-bond donors (Lipinski definition) is 2. The fourth-order valence-corrected chi connectivity index (χ4v) is 5.12. The van der Waals surface area contributed by atoms with Crippen molar-refractivity contribution in [2.75, 3.05) is 6.61 Å². The first kappa shape index (κ1) is 25.5. The molecule has 1 aliphatic heterocycles. The number of fused-ring (bicyclic) bond motifs is 1. The Hall–Kier alpha value is -4.13. The number of aromatic nitrogens is 2. The van der Waals surface area contributed by atoms with E-state index in [-0.39, 0.29) is 24.0 Å². The van der Waals surface area contributed by atoms with Gasteiger partial charge in [-0.3, -0.25) is 9.89 Å². The molecular formula is C31H32FN3O3. The Labute approximate surface area is 222 Å². The third kappa shape index (κ3) is 4.88. The minimum atomic E-state index is -0.481. The Morgan fingerprint density at radius 2 is 1.87 bits per heavy atom. The lowest BCUT2D eigenvalue weighted by atomic mass is 9.93. The largest absolute Gasteiger partial charge is 0.507 e. The van der Waals surface area contributed by atoms with Gasteiger partial charge in [-0.25, -0.2) is 4.39 Å². The summed E-state index contributed by atoms with van der Waals surface area (Å²) in [6.45, 7) is 9.04. The summed E-state index contributed by atoms with van der Waals surface area (Å²) in [6.07, 6.45) is 0.935. The summed E-state index contributed by atoms with van der Waals surface area (Å²) in [5.74, 6) is 0.837. The van der Waals surface area contributed by atoms with E-state index in [0.717, 1.165) is 34.4 Å². The molecule has 4 aromatic rings. The second-order valence-electron chi connectivity index (χ2n) is 10.4. The highest BCUT2D eigenvalue weighted by molar-refractivity contribution is 6.00. The van der Waals surface area contributed by atoms with Gasteiger partial charge < -0.3 is 14.7 Å². The maximum Gasteiger partial charge on any atom is 0.273 e. The van der Waals surface area contributed by atoms with E-state index in [1.807, 2.05) is 44.2 Å². The maximum atomic E-state index is 13.7. The predicted octanol–water partition coefficient (Wildman–Crippen LogP) is 6.71. The van der Waals surface area contributed by atoms with E-state index in [4.69, 9.17) is 4.74 Å². The molecule has 0 bridgehead atoms. The molecule has 0 radical (unpaired) electrons. The first-order valence-corrected chi connectivity index (χ1v) is 12.9. The highest BCUT2D eigenvalue weighted by atomic mass is 19.1. The summed E-state index contributed by atoms with van der Waals surface area (Å²) < 4.78 is 19.6. The number of carbonyl (C=O) groups excluding carboxylic acids is 1. The molecule has 7 heteroatoms. The van der Waals surface area contributed by atoms with Crippen molar-refractivity contribution in [3.8, 4) is 22.8 Å². The lowest BCUT2D eigenvalue weighted by Gasteiger charge is -2.27. The molecule has 1 amide bonds. The minimum absolute atomic E-state index is 0.116. The van der Waals surface area contributed by atoms with Crippen LogP contribution >= 0.6 is 0 Å². The van der Waals surface area contributed by atoms with Gasteiger partial charge in [0.2, 0.25) is 0 Å². The second kappa shape index (κ2) is 10.3. The molecule has 3 aromatic carbocycles. The number of nitrogens with one attached hydrogen (secondary N) is 1. The number of halogens is 1. The van der Waals surface area contributed by atoms with Crippen LogP contribution in [0.25, 0.3) is 11.3 Å². The number of aryl methyl sites for hydroxylation is 2. The van der Waals surface area contributed by atoms with Crippen LogP contribution in [0.4, 0.5) is 4.39 Å². The summed E-state index contributed by atoms with van der Waals surface area (Å²) in [6, 6.07) is 17.1. The maximum absolute atomic E-state index is 13.7. The van der Waals surface area contributed by atoms with E-state index in [9.17, 15) is 14.3 Å². The zero-order chi connectivity index (χ0) is 27.0. The minimum Gasteiger partial charge on any atom is -0.507 e. The van der Waals surface area contributed by atoms with Crippen molar-refractivity contribution in [1.29, 1.82) is 0 Å². The number of hydrogen-bond acceptors (Lipinski definition) is 4. The molecule has 0 aliphatic carbocycles. The van der Waals surface area contributed by atoms with Crippen molar-refractivity contribution >= 4 is 5.91 Å². The molecule has 5 rings (SSSR count). The Kier molecular flexibility index (Phi) is 6.93. The van der Waals surface area contributed by atoms with Crippen LogP contribution in [0.3, 0.4) is 0 Å². The van der Waals surface area contributed by atoms with Crippen LogP contribution in [-0.2, 0) is 6.54 Å². The fraction of sp³-hybridized carbons (Fsp3) is 0.290. The first-order valence-electron chi connectivity index (χ1n) is 12.9. The highest BCUT2D eigenvalue weighted by Crippen LogP contribution is 2.46. The first-order chi connectivity index (χ1) is 18.2. The SMILES string of the molecule is Cc1cc(C)c(-c2n[nH]c3c2C(c2cccc(OCCC(C)C)c2)N(Cc2ccc(F)cc2)C3=O)c(O)c1. The number of aromatic amines is 1. The number of phenolic OH excluding ortho intramolecular Hbond substituents is 1. The number of rotatable bonds is 8. The number of H-pyrrole nitrogens is 1. The number of phenols is 1. The van der Waals surface area contributed by atoms with E-state index in [2.05, 4.69) is 24.0 Å². The molecule has 196 valence electrons. The van der Waals surface area contributed by atoms with E-state index in [1.54, 1.807) is 23.1 Å². The Morgan fingerprint density at radius 3 is 2.58 bits per heavy atom. The van der Waals surface area contributed by atoms with Crippen LogP contribution < -0.4 is 4.74 Å². The Bertz CT molecular complexity index is 1450. The van der Waals surface area contributed by atoms with E-state index < -0.39 is 6.04 Å². The number of benzene rings is 3. The number of carbonyl (C=O) groups is 1. The third-order valence-electron chi connectivity index (χ3n) is 6.96. The van der Waals surface area contributed by atoms with Crippen LogP contribution in [0.2, 0.25) is 0 Å². The van der Waals surface area contributed by atoms with Gasteiger partial charge in [0, 0.05) is 17.7 Å². The Morgan fingerprint density at radius 1 is 1.11 bits per heavy atom. The van der Waals surface area contributed by atoms with Crippen molar-refractivity contribution in [3.05, 3.63) is 100.0 Å². The van der Waals surface area contributed by atoms with Crippen molar-refractivity contribution in [2.45, 2.75) is 46.7 Å². The molecule has 6 nitrogen and oxygen atoms in total. The van der Waals surface area contributed by atoms with Crippen LogP contribution in [0.1, 0.15) is 64.6 Å². The zero-order valence-electron chi connectivity index (χ0n) is 22.1. The fourth-order valence-electron chi connectivity index (χ4n) is 5.12. The smallest absolute Gasteiger partial charge is 0.273 e. The monoisotopic (exact) mass is 513 g/mol. The lowest BCUT2D eigenvalue weighted by molar-refractivity contribution is 0.0729. The van der Waals surface area contributed by atoms with E-state index >= 15 is 0 Å². The topological polar surface area (TPSA) is 78.5 Å². The van der Waals surface area contributed by atoms with Gasteiger partial charge in [-0.05, 0) is 78.8 Å². The molecule has 0 spiro atoms. The lowest BCUT2D eigenvalue weighted by Crippen LogP contribution is -2.29. The van der Waals surface area contributed by atoms with Gasteiger partial charge in [-0.2, -0.15) is 5.10 Å². The van der Waals surface area contributed by atoms with Crippen molar-refractivity contribution in [1.82, 2.24) is 15.1 Å². The zero-order valence-corrected chi connectivity index (χ0v) is 22.1.